The fourth-order valence-electron chi connectivity index (χ4n) is 4.23. The highest BCUT2D eigenvalue weighted by Gasteiger charge is 2.47. The number of ketones is 1. The normalized spacial score (nSPS) is 17.2. The third-order valence-corrected chi connectivity index (χ3v) is 6.12. The maximum atomic E-state index is 13.3. The molecule has 1 heterocycles. The molecule has 1 fully saturated rings. The molecule has 0 aliphatic carbocycles. The molecule has 6 heteroatoms. The quantitative estimate of drug-likeness (QED) is 0.282. The van der Waals surface area contributed by atoms with Gasteiger partial charge in [0.1, 0.15) is 17.3 Å². The number of hydrogen-bond acceptors (Lipinski definition) is 5. The summed E-state index contributed by atoms with van der Waals surface area (Å²) in [5.74, 6) is -0.410. The van der Waals surface area contributed by atoms with Gasteiger partial charge in [0.05, 0.1) is 24.8 Å². The van der Waals surface area contributed by atoms with Gasteiger partial charge in [0.15, 0.2) is 0 Å². The van der Waals surface area contributed by atoms with Crippen molar-refractivity contribution in [3.05, 3.63) is 94.6 Å². The molecule has 1 aliphatic rings. The van der Waals surface area contributed by atoms with Crippen LogP contribution in [0.1, 0.15) is 42.1 Å². The van der Waals surface area contributed by atoms with Gasteiger partial charge in [0, 0.05) is 11.3 Å². The first-order valence-electron chi connectivity index (χ1n) is 11.5. The molecule has 0 saturated carbocycles. The van der Waals surface area contributed by atoms with Crippen molar-refractivity contribution in [2.45, 2.75) is 39.8 Å². The first kappa shape index (κ1) is 24.1. The molecule has 4 rings (SSSR count). The van der Waals surface area contributed by atoms with Gasteiger partial charge in [-0.1, -0.05) is 24.3 Å². The SMILES string of the molecule is COc1cccc(C2/C(=C(/O)c3ccc(C)c(C)c3)C(=O)C(=O)N2c2ccc(OC(C)C)cc2)c1. The predicted molar refractivity (Wildman–Crippen MR) is 136 cm³/mol. The third-order valence-electron chi connectivity index (χ3n) is 6.12. The number of nitrogens with zero attached hydrogens (tertiary/aromatic N) is 1. The predicted octanol–water partition coefficient (Wildman–Crippen LogP) is 5.73. The maximum Gasteiger partial charge on any atom is 0.300 e. The Morgan fingerprint density at radius 1 is 0.914 bits per heavy atom. The van der Waals surface area contributed by atoms with Crippen molar-refractivity contribution in [1.29, 1.82) is 0 Å². The van der Waals surface area contributed by atoms with Gasteiger partial charge in [-0.25, -0.2) is 0 Å². The lowest BCUT2D eigenvalue weighted by atomic mass is 9.94. The van der Waals surface area contributed by atoms with Gasteiger partial charge in [-0.3, -0.25) is 14.5 Å². The van der Waals surface area contributed by atoms with Gasteiger partial charge in [-0.05, 0) is 86.8 Å². The molecular weight excluding hydrogens is 442 g/mol. The van der Waals surface area contributed by atoms with E-state index >= 15 is 0 Å². The highest BCUT2D eigenvalue weighted by Crippen LogP contribution is 2.43. The first-order chi connectivity index (χ1) is 16.7. The lowest BCUT2D eigenvalue weighted by molar-refractivity contribution is -0.132. The number of methoxy groups -OCH3 is 1. The molecule has 0 bridgehead atoms. The second-order valence-electron chi connectivity index (χ2n) is 8.91. The van der Waals surface area contributed by atoms with E-state index < -0.39 is 17.7 Å². The number of ether oxygens (including phenoxy) is 2. The molecular formula is C29H29NO5. The second-order valence-corrected chi connectivity index (χ2v) is 8.91. The summed E-state index contributed by atoms with van der Waals surface area (Å²) in [5, 5.41) is 11.3. The first-order valence-corrected chi connectivity index (χ1v) is 11.5. The zero-order valence-corrected chi connectivity index (χ0v) is 20.5. The average Bonchev–Trinajstić information content (AvgIpc) is 3.11. The molecule has 1 saturated heterocycles. The van der Waals surface area contributed by atoms with Gasteiger partial charge < -0.3 is 14.6 Å². The van der Waals surface area contributed by atoms with Crippen LogP contribution in [0.2, 0.25) is 0 Å². The van der Waals surface area contributed by atoms with Gasteiger partial charge in [0.25, 0.3) is 11.7 Å². The van der Waals surface area contributed by atoms with E-state index in [2.05, 4.69) is 0 Å². The van der Waals surface area contributed by atoms with Gasteiger partial charge in [-0.2, -0.15) is 0 Å². The summed E-state index contributed by atoms with van der Waals surface area (Å²) in [5.41, 5.74) is 3.73. The summed E-state index contributed by atoms with van der Waals surface area (Å²) >= 11 is 0. The van der Waals surface area contributed by atoms with Crippen molar-refractivity contribution in [3.63, 3.8) is 0 Å². The number of carbonyl (C=O) groups is 2. The molecule has 1 amide bonds. The monoisotopic (exact) mass is 471 g/mol. The smallest absolute Gasteiger partial charge is 0.300 e. The lowest BCUT2D eigenvalue weighted by Crippen LogP contribution is -2.29. The van der Waals surface area contributed by atoms with Crippen LogP contribution in [-0.4, -0.2) is 30.0 Å². The van der Waals surface area contributed by atoms with E-state index in [-0.39, 0.29) is 17.4 Å². The second kappa shape index (κ2) is 9.66. The van der Waals surface area contributed by atoms with E-state index in [1.54, 1.807) is 55.6 Å². The van der Waals surface area contributed by atoms with Crippen LogP contribution in [0.4, 0.5) is 5.69 Å². The standard InChI is InChI=1S/C29H29NO5/c1-17(2)35-23-13-11-22(12-14-23)30-26(20-7-6-8-24(16-20)34-5)25(28(32)29(30)33)27(31)21-10-9-18(3)19(4)15-21/h6-17,26,31H,1-5H3/b27-25-. The van der Waals surface area contributed by atoms with Crippen molar-refractivity contribution in [2.75, 3.05) is 12.0 Å². The molecule has 6 nitrogen and oxygen atoms in total. The third kappa shape index (κ3) is 4.64. The van der Waals surface area contributed by atoms with Gasteiger partial charge >= 0.3 is 0 Å². The molecule has 1 N–H and O–H groups in total. The van der Waals surface area contributed by atoms with E-state index in [4.69, 9.17) is 9.47 Å². The molecule has 0 radical (unpaired) electrons. The van der Waals surface area contributed by atoms with Gasteiger partial charge in [0.2, 0.25) is 0 Å². The number of carbonyl (C=O) groups excluding carboxylic acids is 2. The molecule has 1 atom stereocenters. The number of rotatable bonds is 6. The van der Waals surface area contributed by atoms with Crippen molar-refractivity contribution in [2.24, 2.45) is 0 Å². The summed E-state index contributed by atoms with van der Waals surface area (Å²) in [4.78, 5) is 28.1. The summed E-state index contributed by atoms with van der Waals surface area (Å²) in [6, 6.07) is 18.8. The number of benzene rings is 3. The maximum absolute atomic E-state index is 13.3. The molecule has 1 aliphatic heterocycles. The van der Waals surface area contributed by atoms with Crippen LogP contribution in [0.15, 0.2) is 72.3 Å². The van der Waals surface area contributed by atoms with Crippen molar-refractivity contribution in [3.8, 4) is 11.5 Å². The molecule has 3 aromatic rings. The Labute approximate surface area is 205 Å². The Kier molecular flexibility index (Phi) is 6.65. The van der Waals surface area contributed by atoms with Crippen LogP contribution < -0.4 is 14.4 Å². The minimum absolute atomic E-state index is 0.00447. The number of anilines is 1. The zero-order valence-electron chi connectivity index (χ0n) is 20.5. The van der Waals surface area contributed by atoms with Gasteiger partial charge in [-0.15, -0.1) is 0 Å². The molecule has 3 aromatic carbocycles. The van der Waals surface area contributed by atoms with Crippen LogP contribution in [0.5, 0.6) is 11.5 Å². The van der Waals surface area contributed by atoms with E-state index in [0.717, 1.165) is 11.1 Å². The van der Waals surface area contributed by atoms with Crippen molar-refractivity contribution in [1.82, 2.24) is 0 Å². The Bertz CT molecular complexity index is 1310. The molecule has 35 heavy (non-hydrogen) atoms. The van der Waals surface area contributed by atoms with Crippen LogP contribution >= 0.6 is 0 Å². The average molecular weight is 472 g/mol. The van der Waals surface area contributed by atoms with Crippen LogP contribution in [0, 0.1) is 13.8 Å². The summed E-state index contributed by atoms with van der Waals surface area (Å²) in [7, 11) is 1.55. The summed E-state index contributed by atoms with van der Waals surface area (Å²) in [6.45, 7) is 7.77. The van der Waals surface area contributed by atoms with E-state index in [9.17, 15) is 14.7 Å². The number of amides is 1. The molecule has 0 spiro atoms. The molecule has 0 aromatic heterocycles. The van der Waals surface area contributed by atoms with E-state index in [1.165, 1.54) is 4.90 Å². The molecule has 1 unspecified atom stereocenters. The highest BCUT2D eigenvalue weighted by molar-refractivity contribution is 6.51. The van der Waals surface area contributed by atoms with Crippen LogP contribution in [-0.2, 0) is 9.59 Å². The van der Waals surface area contributed by atoms with Crippen LogP contribution in [0.25, 0.3) is 5.76 Å². The fraction of sp³-hybridized carbons (Fsp3) is 0.241. The minimum atomic E-state index is -0.830. The summed E-state index contributed by atoms with van der Waals surface area (Å²) in [6.07, 6.45) is 0.00447. The Morgan fingerprint density at radius 3 is 2.26 bits per heavy atom. The largest absolute Gasteiger partial charge is 0.507 e. The number of aliphatic hydroxyl groups is 1. The Balaban J connectivity index is 1.89. The molecule has 180 valence electrons. The number of Topliss-reactive ketones (excluding diaryl/α,β-unsaturated/α-hetero) is 1. The Hall–Kier alpha value is -4.06. The number of aliphatic hydroxyl groups excluding tert-OH is 1. The zero-order chi connectivity index (χ0) is 25.3. The van der Waals surface area contributed by atoms with Crippen molar-refractivity contribution < 1.29 is 24.2 Å². The number of aryl methyl sites for hydroxylation is 2. The van der Waals surface area contributed by atoms with E-state index in [1.807, 2.05) is 45.9 Å². The lowest BCUT2D eigenvalue weighted by Gasteiger charge is -2.26. The summed E-state index contributed by atoms with van der Waals surface area (Å²) < 4.78 is 11.1. The minimum Gasteiger partial charge on any atom is -0.507 e. The number of hydrogen-bond donors (Lipinski definition) is 1. The fourth-order valence-corrected chi connectivity index (χ4v) is 4.23. The highest BCUT2D eigenvalue weighted by atomic mass is 16.5. The van der Waals surface area contributed by atoms with Crippen molar-refractivity contribution >= 4 is 23.1 Å². The Morgan fingerprint density at radius 2 is 1.63 bits per heavy atom. The van der Waals surface area contributed by atoms with Crippen LogP contribution in [0.3, 0.4) is 0 Å². The van der Waals surface area contributed by atoms with E-state index in [0.29, 0.717) is 28.3 Å². The topological polar surface area (TPSA) is 76.1 Å².